The molecular formula is C20H20ClN3S. The molecule has 0 spiro atoms. The van der Waals surface area contributed by atoms with Gasteiger partial charge in [0.15, 0.2) is 5.11 Å². The maximum absolute atomic E-state index is 9.79. The summed E-state index contributed by atoms with van der Waals surface area (Å²) in [7, 11) is 0. The second kappa shape index (κ2) is 7.43. The Bertz CT molecular complexity index is 805. The van der Waals surface area contributed by atoms with Gasteiger partial charge in [0.25, 0.3) is 0 Å². The summed E-state index contributed by atoms with van der Waals surface area (Å²) in [5.74, 6) is 0. The fourth-order valence-electron chi connectivity index (χ4n) is 3.28. The van der Waals surface area contributed by atoms with Gasteiger partial charge in [0.2, 0.25) is 0 Å². The zero-order chi connectivity index (χ0) is 17.9. The zero-order valence-electron chi connectivity index (χ0n) is 14.1. The van der Waals surface area contributed by atoms with Gasteiger partial charge in [0.1, 0.15) is 0 Å². The van der Waals surface area contributed by atoms with Crippen molar-refractivity contribution in [2.24, 2.45) is 0 Å². The first kappa shape index (κ1) is 17.7. The minimum absolute atomic E-state index is 0.413. The molecule has 1 saturated heterocycles. The third-order valence-electron chi connectivity index (χ3n) is 4.87. The van der Waals surface area contributed by atoms with Crippen molar-refractivity contribution in [2.45, 2.75) is 25.2 Å². The molecule has 128 valence electrons. The van der Waals surface area contributed by atoms with E-state index in [9.17, 15) is 5.26 Å². The molecule has 1 aliphatic heterocycles. The van der Waals surface area contributed by atoms with Gasteiger partial charge in [-0.2, -0.15) is 5.26 Å². The van der Waals surface area contributed by atoms with Crippen molar-refractivity contribution in [1.82, 2.24) is 4.90 Å². The lowest BCUT2D eigenvalue weighted by atomic mass is 9.74. The van der Waals surface area contributed by atoms with E-state index >= 15 is 0 Å². The second-order valence-electron chi connectivity index (χ2n) is 6.44. The third kappa shape index (κ3) is 3.78. The van der Waals surface area contributed by atoms with E-state index in [1.54, 1.807) is 0 Å². The Balaban J connectivity index is 1.67. The molecule has 0 aromatic heterocycles. The van der Waals surface area contributed by atoms with Crippen molar-refractivity contribution in [1.29, 1.82) is 5.26 Å². The molecular weight excluding hydrogens is 350 g/mol. The van der Waals surface area contributed by atoms with Crippen molar-refractivity contribution < 1.29 is 0 Å². The van der Waals surface area contributed by atoms with E-state index in [1.165, 1.54) is 0 Å². The Morgan fingerprint density at radius 2 is 1.88 bits per heavy atom. The van der Waals surface area contributed by atoms with Crippen molar-refractivity contribution >= 4 is 34.6 Å². The van der Waals surface area contributed by atoms with E-state index in [1.807, 2.05) is 55.5 Å². The van der Waals surface area contributed by atoms with E-state index in [0.717, 1.165) is 42.7 Å². The summed E-state index contributed by atoms with van der Waals surface area (Å²) in [5, 5.41) is 14.5. The highest BCUT2D eigenvalue weighted by atomic mass is 35.5. The molecule has 1 N–H and O–H groups in total. The summed E-state index contributed by atoms with van der Waals surface area (Å²) in [6, 6.07) is 18.3. The average Bonchev–Trinajstić information content (AvgIpc) is 2.65. The van der Waals surface area contributed by atoms with Gasteiger partial charge in [0, 0.05) is 23.8 Å². The number of rotatable bonds is 2. The number of benzene rings is 2. The molecule has 0 aliphatic carbocycles. The number of hydrogen-bond acceptors (Lipinski definition) is 2. The van der Waals surface area contributed by atoms with E-state index in [4.69, 9.17) is 23.8 Å². The normalized spacial score (nSPS) is 16.1. The number of halogens is 1. The van der Waals surface area contributed by atoms with Gasteiger partial charge < -0.3 is 10.2 Å². The summed E-state index contributed by atoms with van der Waals surface area (Å²) >= 11 is 11.6. The predicted molar refractivity (Wildman–Crippen MR) is 107 cm³/mol. The molecule has 1 aliphatic rings. The number of nitriles is 1. The lowest BCUT2D eigenvalue weighted by Gasteiger charge is -2.39. The van der Waals surface area contributed by atoms with Crippen LogP contribution in [0.5, 0.6) is 0 Å². The van der Waals surface area contributed by atoms with E-state index in [0.29, 0.717) is 10.1 Å². The number of hydrogen-bond donors (Lipinski definition) is 1. The second-order valence-corrected chi connectivity index (χ2v) is 7.26. The monoisotopic (exact) mass is 369 g/mol. The minimum atomic E-state index is -0.413. The molecule has 0 saturated carbocycles. The Hall–Kier alpha value is -2.09. The van der Waals surface area contributed by atoms with Gasteiger partial charge >= 0.3 is 0 Å². The van der Waals surface area contributed by atoms with Gasteiger partial charge in [-0.05, 0) is 61.3 Å². The first-order chi connectivity index (χ1) is 12.0. The van der Waals surface area contributed by atoms with Gasteiger partial charge in [-0.25, -0.2) is 0 Å². The van der Waals surface area contributed by atoms with Crippen LogP contribution in [0, 0.1) is 18.3 Å². The molecule has 2 aromatic rings. The lowest BCUT2D eigenvalue weighted by molar-refractivity contribution is 0.272. The zero-order valence-corrected chi connectivity index (χ0v) is 15.7. The lowest BCUT2D eigenvalue weighted by Crippen LogP contribution is -2.46. The fraction of sp³-hybridized carbons (Fsp3) is 0.300. The average molecular weight is 370 g/mol. The van der Waals surface area contributed by atoms with Crippen LogP contribution in [0.3, 0.4) is 0 Å². The van der Waals surface area contributed by atoms with Crippen molar-refractivity contribution in [2.75, 3.05) is 18.4 Å². The highest BCUT2D eigenvalue weighted by molar-refractivity contribution is 7.80. The minimum Gasteiger partial charge on any atom is -0.349 e. The number of piperidine rings is 1. The molecule has 5 heteroatoms. The summed E-state index contributed by atoms with van der Waals surface area (Å²) in [5.41, 5.74) is 2.71. The molecule has 3 nitrogen and oxygen atoms in total. The van der Waals surface area contributed by atoms with Crippen LogP contribution < -0.4 is 5.32 Å². The summed E-state index contributed by atoms with van der Waals surface area (Å²) < 4.78 is 0. The maximum atomic E-state index is 9.79. The van der Waals surface area contributed by atoms with Crippen LogP contribution in [0.15, 0.2) is 48.5 Å². The fourth-order valence-corrected chi connectivity index (χ4v) is 3.79. The number of aryl methyl sites for hydroxylation is 1. The maximum Gasteiger partial charge on any atom is 0.173 e. The highest BCUT2D eigenvalue weighted by Crippen LogP contribution is 2.35. The van der Waals surface area contributed by atoms with Crippen LogP contribution >= 0.6 is 23.8 Å². The predicted octanol–water partition coefficient (Wildman–Crippen LogP) is 4.90. The molecule has 1 fully saturated rings. The molecule has 0 radical (unpaired) electrons. The van der Waals surface area contributed by atoms with Crippen LogP contribution in [0.1, 0.15) is 24.0 Å². The van der Waals surface area contributed by atoms with Gasteiger partial charge in [0.05, 0.1) is 11.5 Å². The van der Waals surface area contributed by atoms with Gasteiger partial charge in [-0.3, -0.25) is 0 Å². The molecule has 3 rings (SSSR count). The summed E-state index contributed by atoms with van der Waals surface area (Å²) in [4.78, 5) is 2.14. The van der Waals surface area contributed by atoms with Crippen molar-refractivity contribution in [3.05, 3.63) is 64.7 Å². The smallest absolute Gasteiger partial charge is 0.173 e. The number of likely N-dealkylation sites (tertiary alicyclic amines) is 1. The van der Waals surface area contributed by atoms with Gasteiger partial charge in [-0.1, -0.05) is 41.9 Å². The standard InChI is InChI=1S/C20H20ClN3S/c1-15-13-17(21)7-8-18(15)23-19(25)24-11-9-20(14-22,10-12-24)16-5-3-2-4-6-16/h2-8,13H,9-12H2,1H3,(H,23,25). The van der Waals surface area contributed by atoms with E-state index in [2.05, 4.69) is 16.3 Å². The highest BCUT2D eigenvalue weighted by Gasteiger charge is 2.37. The largest absolute Gasteiger partial charge is 0.349 e. The molecule has 0 unspecified atom stereocenters. The number of nitrogens with one attached hydrogen (secondary N) is 1. The summed E-state index contributed by atoms with van der Waals surface area (Å²) in [6.07, 6.45) is 1.55. The molecule has 0 bridgehead atoms. The van der Waals surface area contributed by atoms with E-state index in [-0.39, 0.29) is 0 Å². The van der Waals surface area contributed by atoms with Crippen LogP contribution in [0.4, 0.5) is 5.69 Å². The van der Waals surface area contributed by atoms with E-state index < -0.39 is 5.41 Å². The molecule has 0 amide bonds. The van der Waals surface area contributed by atoms with Crippen molar-refractivity contribution in [3.63, 3.8) is 0 Å². The first-order valence-corrected chi connectivity index (χ1v) is 9.11. The third-order valence-corrected chi connectivity index (χ3v) is 5.47. The molecule has 25 heavy (non-hydrogen) atoms. The Labute approximate surface area is 159 Å². The first-order valence-electron chi connectivity index (χ1n) is 8.33. The number of anilines is 1. The SMILES string of the molecule is Cc1cc(Cl)ccc1NC(=S)N1CCC(C#N)(c2ccccc2)CC1. The molecule has 2 aromatic carbocycles. The summed E-state index contributed by atoms with van der Waals surface area (Å²) in [6.45, 7) is 3.53. The molecule has 1 heterocycles. The van der Waals surface area contributed by atoms with Crippen LogP contribution in [0.25, 0.3) is 0 Å². The van der Waals surface area contributed by atoms with Crippen LogP contribution in [0.2, 0.25) is 5.02 Å². The Morgan fingerprint density at radius 1 is 1.20 bits per heavy atom. The Kier molecular flexibility index (Phi) is 5.27. The van der Waals surface area contributed by atoms with Crippen molar-refractivity contribution in [3.8, 4) is 6.07 Å². The topological polar surface area (TPSA) is 39.1 Å². The number of nitrogens with zero attached hydrogens (tertiary/aromatic N) is 2. The van der Waals surface area contributed by atoms with Gasteiger partial charge in [-0.15, -0.1) is 0 Å². The van der Waals surface area contributed by atoms with Crippen LogP contribution in [-0.2, 0) is 5.41 Å². The molecule has 0 atom stereocenters. The number of thiocarbonyl (C=S) groups is 1. The van der Waals surface area contributed by atoms with Crippen LogP contribution in [-0.4, -0.2) is 23.1 Å². The Morgan fingerprint density at radius 3 is 2.48 bits per heavy atom. The quantitative estimate of drug-likeness (QED) is 0.764.